The van der Waals surface area contributed by atoms with E-state index in [-0.39, 0.29) is 6.10 Å². The minimum Gasteiger partial charge on any atom is -0.471 e. The molecule has 0 radical (unpaired) electrons. The summed E-state index contributed by atoms with van der Waals surface area (Å²) in [5.74, 6) is 2.14. The first kappa shape index (κ1) is 17.3. The molecule has 4 rings (SSSR count). The monoisotopic (exact) mass is 353 g/mol. The highest BCUT2D eigenvalue weighted by Gasteiger charge is 2.22. The summed E-state index contributed by atoms with van der Waals surface area (Å²) in [7, 11) is 0. The van der Waals surface area contributed by atoms with Gasteiger partial charge >= 0.3 is 0 Å². The average Bonchev–Trinajstić information content (AvgIpc) is 3.18. The Morgan fingerprint density at radius 3 is 2.62 bits per heavy atom. The van der Waals surface area contributed by atoms with E-state index in [2.05, 4.69) is 29.4 Å². The second kappa shape index (κ2) is 8.04. The lowest BCUT2D eigenvalue weighted by molar-refractivity contribution is 0.138. The Morgan fingerprint density at radius 2 is 1.88 bits per heavy atom. The van der Waals surface area contributed by atoms with Crippen LogP contribution in [0, 0.1) is 5.92 Å². The van der Waals surface area contributed by atoms with Gasteiger partial charge in [-0.05, 0) is 37.2 Å². The van der Waals surface area contributed by atoms with E-state index in [9.17, 15) is 0 Å². The van der Waals surface area contributed by atoms with Gasteiger partial charge in [-0.15, -0.1) is 0 Å². The van der Waals surface area contributed by atoms with Crippen LogP contribution < -0.4 is 10.1 Å². The van der Waals surface area contributed by atoms with Gasteiger partial charge in [0.2, 0.25) is 11.8 Å². The van der Waals surface area contributed by atoms with Crippen LogP contribution in [0.4, 0.5) is 5.95 Å². The molecule has 26 heavy (non-hydrogen) atoms. The van der Waals surface area contributed by atoms with Gasteiger partial charge in [-0.2, -0.15) is 4.98 Å². The summed E-state index contributed by atoms with van der Waals surface area (Å²) in [6.45, 7) is 3.71. The van der Waals surface area contributed by atoms with Crippen LogP contribution in [-0.4, -0.2) is 35.3 Å². The third kappa shape index (κ3) is 4.15. The zero-order valence-electron chi connectivity index (χ0n) is 15.4. The molecule has 1 aliphatic carbocycles. The zero-order valence-corrected chi connectivity index (χ0v) is 15.4. The summed E-state index contributed by atoms with van der Waals surface area (Å²) in [6.07, 6.45) is 7.74. The van der Waals surface area contributed by atoms with Gasteiger partial charge in [-0.25, -0.2) is 4.98 Å². The quantitative estimate of drug-likeness (QED) is 0.868. The van der Waals surface area contributed by atoms with Crippen LogP contribution in [0.3, 0.4) is 0 Å². The molecule has 0 spiro atoms. The highest BCUT2D eigenvalue weighted by atomic mass is 16.5. The highest BCUT2D eigenvalue weighted by Crippen LogP contribution is 2.31. The van der Waals surface area contributed by atoms with Crippen molar-refractivity contribution in [2.24, 2.45) is 5.92 Å². The lowest BCUT2D eigenvalue weighted by Gasteiger charge is -2.27. The van der Waals surface area contributed by atoms with E-state index in [4.69, 9.17) is 14.5 Å². The maximum absolute atomic E-state index is 6.19. The number of hydrogen-bond donors (Lipinski definition) is 1. The molecule has 2 aliphatic rings. The van der Waals surface area contributed by atoms with Crippen molar-refractivity contribution in [1.29, 1.82) is 0 Å². The van der Waals surface area contributed by atoms with Gasteiger partial charge in [-0.3, -0.25) is 0 Å². The molecule has 1 saturated carbocycles. The molecule has 5 nitrogen and oxygen atoms in total. The number of benzene rings is 1. The van der Waals surface area contributed by atoms with Gasteiger partial charge in [0.05, 0.1) is 18.8 Å². The van der Waals surface area contributed by atoms with Gasteiger partial charge in [0.25, 0.3) is 0 Å². The zero-order chi connectivity index (χ0) is 17.8. The van der Waals surface area contributed by atoms with Crippen molar-refractivity contribution in [2.75, 3.05) is 18.5 Å². The highest BCUT2D eigenvalue weighted by molar-refractivity contribution is 5.68. The molecule has 1 N–H and O–H groups in total. The van der Waals surface area contributed by atoms with Gasteiger partial charge in [0, 0.05) is 18.7 Å². The number of anilines is 1. The van der Waals surface area contributed by atoms with Crippen molar-refractivity contribution in [3.63, 3.8) is 0 Å². The lowest BCUT2D eigenvalue weighted by atomic mass is 9.87. The van der Waals surface area contributed by atoms with Crippen molar-refractivity contribution in [1.82, 2.24) is 9.97 Å². The standard InChI is InChI=1S/C21H27N3O2/c1-15-7-9-17(10-8-15)23-21-22-13-19(16-5-3-2-4-6-16)20(24-21)26-18-11-12-25-14-18/h2-6,13,15,17-18H,7-12,14H2,1H3,(H,22,23,24). The van der Waals surface area contributed by atoms with E-state index in [1.165, 1.54) is 25.7 Å². The Morgan fingerprint density at radius 1 is 1.08 bits per heavy atom. The first-order chi connectivity index (χ1) is 12.8. The normalized spacial score (nSPS) is 25.8. The van der Waals surface area contributed by atoms with Crippen LogP contribution in [0.25, 0.3) is 11.1 Å². The second-order valence-electron chi connectivity index (χ2n) is 7.48. The Labute approximate surface area is 155 Å². The fraction of sp³-hybridized carbons (Fsp3) is 0.524. The molecule has 1 atom stereocenters. The molecule has 1 aromatic heterocycles. The maximum atomic E-state index is 6.19. The molecule has 1 aliphatic heterocycles. The number of nitrogens with one attached hydrogen (secondary N) is 1. The number of aromatic nitrogens is 2. The predicted molar refractivity (Wildman–Crippen MR) is 102 cm³/mol. The third-order valence-corrected chi connectivity index (χ3v) is 5.35. The molecule has 2 heterocycles. The van der Waals surface area contributed by atoms with Gasteiger partial charge in [-0.1, -0.05) is 37.3 Å². The van der Waals surface area contributed by atoms with Crippen LogP contribution >= 0.6 is 0 Å². The van der Waals surface area contributed by atoms with Crippen molar-refractivity contribution in [3.8, 4) is 17.0 Å². The first-order valence-electron chi connectivity index (χ1n) is 9.71. The molecule has 1 aromatic carbocycles. The number of ether oxygens (including phenoxy) is 2. The van der Waals surface area contributed by atoms with Crippen molar-refractivity contribution in [2.45, 2.75) is 51.2 Å². The number of rotatable bonds is 5. The Balaban J connectivity index is 1.56. The average molecular weight is 353 g/mol. The molecule has 1 unspecified atom stereocenters. The number of nitrogens with zero attached hydrogens (tertiary/aromatic N) is 2. The van der Waals surface area contributed by atoms with Crippen molar-refractivity contribution in [3.05, 3.63) is 36.5 Å². The molecule has 0 amide bonds. The summed E-state index contributed by atoms with van der Waals surface area (Å²) in [5.41, 5.74) is 2.00. The van der Waals surface area contributed by atoms with Crippen LogP contribution in [0.5, 0.6) is 5.88 Å². The molecule has 0 bridgehead atoms. The molecule has 5 heteroatoms. The Kier molecular flexibility index (Phi) is 5.34. The minimum atomic E-state index is 0.0655. The van der Waals surface area contributed by atoms with Gasteiger partial charge in [0.1, 0.15) is 6.10 Å². The van der Waals surface area contributed by atoms with Crippen LogP contribution in [0.2, 0.25) is 0 Å². The SMILES string of the molecule is CC1CCC(Nc2ncc(-c3ccccc3)c(OC3CCOC3)n2)CC1. The van der Waals surface area contributed by atoms with E-state index in [0.29, 0.717) is 24.5 Å². The fourth-order valence-electron chi connectivity index (χ4n) is 3.69. The second-order valence-corrected chi connectivity index (χ2v) is 7.48. The fourth-order valence-corrected chi connectivity index (χ4v) is 3.69. The summed E-state index contributed by atoms with van der Waals surface area (Å²) in [5, 5.41) is 3.51. The van der Waals surface area contributed by atoms with Gasteiger partial charge in [0.15, 0.2) is 0 Å². The van der Waals surface area contributed by atoms with Crippen LogP contribution in [0.1, 0.15) is 39.0 Å². The van der Waals surface area contributed by atoms with Gasteiger partial charge < -0.3 is 14.8 Å². The molecule has 2 aromatic rings. The molecule has 138 valence electrons. The maximum Gasteiger partial charge on any atom is 0.226 e. The minimum absolute atomic E-state index is 0.0655. The smallest absolute Gasteiger partial charge is 0.226 e. The summed E-state index contributed by atoms with van der Waals surface area (Å²) in [6, 6.07) is 10.6. The Bertz CT molecular complexity index is 708. The molecular formula is C21H27N3O2. The van der Waals surface area contributed by atoms with E-state index in [1.807, 2.05) is 24.4 Å². The van der Waals surface area contributed by atoms with E-state index in [0.717, 1.165) is 30.1 Å². The first-order valence-corrected chi connectivity index (χ1v) is 9.71. The third-order valence-electron chi connectivity index (χ3n) is 5.35. The van der Waals surface area contributed by atoms with Crippen molar-refractivity contribution >= 4 is 5.95 Å². The summed E-state index contributed by atoms with van der Waals surface area (Å²) in [4.78, 5) is 9.30. The largest absolute Gasteiger partial charge is 0.471 e. The van der Waals surface area contributed by atoms with E-state index in [1.54, 1.807) is 0 Å². The predicted octanol–water partition coefficient (Wildman–Crippen LogP) is 4.30. The van der Waals surface area contributed by atoms with Crippen LogP contribution in [0.15, 0.2) is 36.5 Å². The number of hydrogen-bond acceptors (Lipinski definition) is 5. The molecular weight excluding hydrogens is 326 g/mol. The lowest BCUT2D eigenvalue weighted by Crippen LogP contribution is -2.26. The van der Waals surface area contributed by atoms with Crippen LogP contribution in [-0.2, 0) is 4.74 Å². The van der Waals surface area contributed by atoms with Crippen molar-refractivity contribution < 1.29 is 9.47 Å². The van der Waals surface area contributed by atoms with E-state index >= 15 is 0 Å². The topological polar surface area (TPSA) is 56.3 Å². The summed E-state index contributed by atoms with van der Waals surface area (Å²) < 4.78 is 11.6. The molecule has 2 fully saturated rings. The van der Waals surface area contributed by atoms with E-state index < -0.39 is 0 Å². The summed E-state index contributed by atoms with van der Waals surface area (Å²) >= 11 is 0. The Hall–Kier alpha value is -2.14. The molecule has 1 saturated heterocycles.